The van der Waals surface area contributed by atoms with Crippen molar-refractivity contribution < 1.29 is 9.90 Å². The van der Waals surface area contributed by atoms with Gasteiger partial charge in [-0.2, -0.15) is 0 Å². The fourth-order valence-electron chi connectivity index (χ4n) is 2.18. The van der Waals surface area contributed by atoms with Gasteiger partial charge < -0.3 is 5.11 Å². The molecule has 0 aromatic heterocycles. The van der Waals surface area contributed by atoms with E-state index in [0.29, 0.717) is 5.56 Å². The first-order chi connectivity index (χ1) is 8.83. The summed E-state index contributed by atoms with van der Waals surface area (Å²) in [5.41, 5.74) is 2.11. The van der Waals surface area contributed by atoms with Crippen molar-refractivity contribution >= 4 is 6.29 Å². The molecule has 1 aromatic carbocycles. The predicted molar refractivity (Wildman–Crippen MR) is 78.8 cm³/mol. The Bertz CT molecular complexity index is 443. The number of carbonyl (C=O) groups excluding carboxylic acids is 1. The van der Waals surface area contributed by atoms with Gasteiger partial charge in [0.25, 0.3) is 0 Å². The molecule has 3 heteroatoms. The fraction of sp³-hybridized carbons (Fsp3) is 0.562. The molecule has 0 bridgehead atoms. The largest absolute Gasteiger partial charge is 0.507 e. The summed E-state index contributed by atoms with van der Waals surface area (Å²) in [5, 5.41) is 10.2. The topological polar surface area (TPSA) is 40.5 Å². The Morgan fingerprint density at radius 1 is 1.21 bits per heavy atom. The standard InChI is InChI=1S/C16H25NO2/c1-6-17(7-2)10-12-8-13(11-18)15(19)14(9-12)16(3,4)5/h8-9,11,19H,6-7,10H2,1-5H3. The van der Waals surface area contributed by atoms with E-state index in [-0.39, 0.29) is 11.2 Å². The Balaban J connectivity index is 3.24. The minimum atomic E-state index is -0.179. The highest BCUT2D eigenvalue weighted by Gasteiger charge is 2.21. The molecule has 1 N–H and O–H groups in total. The molecule has 106 valence electrons. The molecule has 0 aliphatic rings. The van der Waals surface area contributed by atoms with E-state index in [0.717, 1.165) is 37.0 Å². The molecular weight excluding hydrogens is 238 g/mol. The second kappa shape index (κ2) is 6.20. The summed E-state index contributed by atoms with van der Waals surface area (Å²) in [6.07, 6.45) is 0.732. The number of phenolic OH excluding ortho intramolecular Hbond substituents is 1. The van der Waals surface area contributed by atoms with E-state index in [1.165, 1.54) is 0 Å². The van der Waals surface area contributed by atoms with E-state index in [1.807, 2.05) is 26.8 Å². The van der Waals surface area contributed by atoms with Crippen LogP contribution in [0.5, 0.6) is 5.75 Å². The first kappa shape index (κ1) is 15.7. The van der Waals surface area contributed by atoms with Crippen molar-refractivity contribution in [2.24, 2.45) is 0 Å². The number of aromatic hydroxyl groups is 1. The first-order valence-electron chi connectivity index (χ1n) is 6.87. The van der Waals surface area contributed by atoms with Gasteiger partial charge in [-0.3, -0.25) is 9.69 Å². The van der Waals surface area contributed by atoms with Crippen LogP contribution in [-0.2, 0) is 12.0 Å². The van der Waals surface area contributed by atoms with Crippen LogP contribution in [-0.4, -0.2) is 29.4 Å². The molecule has 0 saturated heterocycles. The molecule has 0 spiro atoms. The quantitative estimate of drug-likeness (QED) is 0.828. The van der Waals surface area contributed by atoms with Gasteiger partial charge in [0.2, 0.25) is 0 Å². The van der Waals surface area contributed by atoms with E-state index >= 15 is 0 Å². The number of benzene rings is 1. The summed E-state index contributed by atoms with van der Waals surface area (Å²) in [5.74, 6) is 0.116. The Morgan fingerprint density at radius 2 is 1.79 bits per heavy atom. The molecule has 0 saturated carbocycles. The van der Waals surface area contributed by atoms with Gasteiger partial charge >= 0.3 is 0 Å². The molecule has 0 aliphatic carbocycles. The highest BCUT2D eigenvalue weighted by Crippen LogP contribution is 2.34. The van der Waals surface area contributed by atoms with Gasteiger partial charge in [-0.05, 0) is 30.1 Å². The Hall–Kier alpha value is -1.35. The summed E-state index contributed by atoms with van der Waals surface area (Å²) in [6.45, 7) is 13.1. The minimum Gasteiger partial charge on any atom is -0.507 e. The van der Waals surface area contributed by atoms with Crippen molar-refractivity contribution in [1.82, 2.24) is 4.90 Å². The van der Waals surface area contributed by atoms with Crippen molar-refractivity contribution in [3.63, 3.8) is 0 Å². The zero-order valence-electron chi connectivity index (χ0n) is 12.7. The molecule has 0 amide bonds. The average molecular weight is 263 g/mol. The van der Waals surface area contributed by atoms with Crippen LogP contribution < -0.4 is 0 Å². The maximum absolute atomic E-state index is 11.1. The molecule has 0 aliphatic heterocycles. The SMILES string of the molecule is CCN(CC)Cc1cc(C=O)c(O)c(C(C)(C)C)c1. The molecule has 0 radical (unpaired) electrons. The van der Waals surface area contributed by atoms with Crippen molar-refractivity contribution in [1.29, 1.82) is 0 Å². The average Bonchev–Trinajstić information content (AvgIpc) is 2.35. The van der Waals surface area contributed by atoms with Crippen LogP contribution in [0.25, 0.3) is 0 Å². The van der Waals surface area contributed by atoms with Gasteiger partial charge in [0.1, 0.15) is 5.75 Å². The molecule has 19 heavy (non-hydrogen) atoms. The lowest BCUT2D eigenvalue weighted by molar-refractivity contribution is 0.112. The van der Waals surface area contributed by atoms with Gasteiger partial charge in [-0.25, -0.2) is 0 Å². The van der Waals surface area contributed by atoms with Crippen LogP contribution in [0, 0.1) is 0 Å². The third-order valence-electron chi connectivity index (χ3n) is 3.43. The summed E-state index contributed by atoms with van der Waals surface area (Å²) in [4.78, 5) is 13.4. The van der Waals surface area contributed by atoms with Gasteiger partial charge in [0.15, 0.2) is 6.29 Å². The summed E-state index contributed by atoms with van der Waals surface area (Å²) >= 11 is 0. The van der Waals surface area contributed by atoms with Crippen molar-refractivity contribution in [2.75, 3.05) is 13.1 Å². The number of hydrogen-bond acceptors (Lipinski definition) is 3. The van der Waals surface area contributed by atoms with Crippen molar-refractivity contribution in [3.8, 4) is 5.75 Å². The molecule has 0 atom stereocenters. The number of hydrogen-bond donors (Lipinski definition) is 1. The Morgan fingerprint density at radius 3 is 2.21 bits per heavy atom. The third-order valence-corrected chi connectivity index (χ3v) is 3.43. The molecule has 0 fully saturated rings. The summed E-state index contributed by atoms with van der Waals surface area (Å²) in [7, 11) is 0. The number of phenols is 1. The summed E-state index contributed by atoms with van der Waals surface area (Å²) in [6, 6.07) is 3.80. The molecule has 1 rings (SSSR count). The van der Waals surface area contributed by atoms with E-state index < -0.39 is 0 Å². The van der Waals surface area contributed by atoms with Gasteiger partial charge in [-0.15, -0.1) is 0 Å². The highest BCUT2D eigenvalue weighted by molar-refractivity contribution is 5.80. The van der Waals surface area contributed by atoms with Crippen molar-refractivity contribution in [3.05, 3.63) is 28.8 Å². The van der Waals surface area contributed by atoms with Crippen LogP contribution in [0.2, 0.25) is 0 Å². The molecule has 0 unspecified atom stereocenters. The van der Waals surface area contributed by atoms with Crippen LogP contribution in [0.15, 0.2) is 12.1 Å². The summed E-state index contributed by atoms with van der Waals surface area (Å²) < 4.78 is 0. The van der Waals surface area contributed by atoms with Crippen LogP contribution >= 0.6 is 0 Å². The van der Waals surface area contributed by atoms with E-state index in [4.69, 9.17) is 0 Å². The minimum absolute atomic E-state index is 0.116. The van der Waals surface area contributed by atoms with Gasteiger partial charge in [-0.1, -0.05) is 40.7 Å². The zero-order valence-corrected chi connectivity index (χ0v) is 12.7. The molecule has 0 heterocycles. The van der Waals surface area contributed by atoms with E-state index in [1.54, 1.807) is 6.07 Å². The monoisotopic (exact) mass is 263 g/mol. The highest BCUT2D eigenvalue weighted by atomic mass is 16.3. The zero-order chi connectivity index (χ0) is 14.6. The molecule has 3 nitrogen and oxygen atoms in total. The lowest BCUT2D eigenvalue weighted by atomic mass is 9.84. The van der Waals surface area contributed by atoms with Crippen LogP contribution in [0.1, 0.15) is 56.1 Å². The lowest BCUT2D eigenvalue weighted by Gasteiger charge is -2.24. The lowest BCUT2D eigenvalue weighted by Crippen LogP contribution is -2.23. The number of aldehydes is 1. The predicted octanol–water partition coefficient (Wildman–Crippen LogP) is 3.34. The van der Waals surface area contributed by atoms with E-state index in [2.05, 4.69) is 18.7 Å². The second-order valence-electron chi connectivity index (χ2n) is 5.91. The van der Waals surface area contributed by atoms with Crippen molar-refractivity contribution in [2.45, 2.75) is 46.6 Å². The Labute approximate surface area is 116 Å². The number of carbonyl (C=O) groups is 1. The fourth-order valence-corrected chi connectivity index (χ4v) is 2.18. The number of nitrogens with zero attached hydrogens (tertiary/aromatic N) is 1. The maximum Gasteiger partial charge on any atom is 0.153 e. The van der Waals surface area contributed by atoms with Crippen LogP contribution in [0.3, 0.4) is 0 Å². The first-order valence-corrected chi connectivity index (χ1v) is 6.87. The smallest absolute Gasteiger partial charge is 0.153 e. The molecule has 1 aromatic rings. The number of rotatable bonds is 5. The molecular formula is C16H25NO2. The normalized spacial score (nSPS) is 11.9. The van der Waals surface area contributed by atoms with Gasteiger partial charge in [0.05, 0.1) is 5.56 Å². The maximum atomic E-state index is 11.1. The van der Waals surface area contributed by atoms with Crippen LogP contribution in [0.4, 0.5) is 0 Å². The van der Waals surface area contributed by atoms with E-state index in [9.17, 15) is 9.90 Å². The van der Waals surface area contributed by atoms with Gasteiger partial charge in [0, 0.05) is 12.1 Å². The second-order valence-corrected chi connectivity index (χ2v) is 5.91. The third kappa shape index (κ3) is 3.80. The Kier molecular flexibility index (Phi) is 5.12.